The van der Waals surface area contributed by atoms with E-state index < -0.39 is 0 Å². The van der Waals surface area contributed by atoms with Gasteiger partial charge >= 0.3 is 0 Å². The Balaban J connectivity index is 1.43. The number of rotatable bonds is 6. The van der Waals surface area contributed by atoms with Gasteiger partial charge in [0.15, 0.2) is 0 Å². The molecule has 0 amide bonds. The number of nitrogens with zero attached hydrogens (tertiary/aromatic N) is 2. The molecule has 0 saturated heterocycles. The van der Waals surface area contributed by atoms with Gasteiger partial charge in [0, 0.05) is 5.02 Å². The third-order valence-electron chi connectivity index (χ3n) is 3.98. The number of halogens is 3. The Kier molecular flexibility index (Phi) is 6.50. The number of benzene rings is 3. The van der Waals surface area contributed by atoms with Gasteiger partial charge in [-0.05, 0) is 79.4 Å². The van der Waals surface area contributed by atoms with Crippen LogP contribution in [0.15, 0.2) is 74.7 Å². The highest BCUT2D eigenvalue weighted by Gasteiger charge is 2.09. The van der Waals surface area contributed by atoms with Crippen LogP contribution in [0.5, 0.6) is 5.75 Å². The highest BCUT2D eigenvalue weighted by atomic mass is 79.9. The predicted molar refractivity (Wildman–Crippen MR) is 128 cm³/mol. The van der Waals surface area contributed by atoms with E-state index in [9.17, 15) is 0 Å². The number of anilines is 1. The summed E-state index contributed by atoms with van der Waals surface area (Å²) in [6.45, 7) is 0.445. The normalized spacial score (nSPS) is 11.3. The summed E-state index contributed by atoms with van der Waals surface area (Å²) in [4.78, 5) is 4.50. The Hall–Kier alpha value is -1.93. The molecule has 4 nitrogen and oxygen atoms in total. The molecule has 4 rings (SSSR count). The number of hydrazone groups is 1. The van der Waals surface area contributed by atoms with E-state index in [-0.39, 0.29) is 0 Å². The molecule has 8 heteroatoms. The van der Waals surface area contributed by atoms with Gasteiger partial charge in [-0.2, -0.15) is 5.10 Å². The van der Waals surface area contributed by atoms with Crippen LogP contribution in [0.25, 0.3) is 10.2 Å². The summed E-state index contributed by atoms with van der Waals surface area (Å²) in [5, 5.41) is 5.76. The van der Waals surface area contributed by atoms with Crippen molar-refractivity contribution in [2.75, 3.05) is 5.43 Å². The molecule has 0 saturated carbocycles. The van der Waals surface area contributed by atoms with Crippen LogP contribution in [0.4, 0.5) is 5.13 Å². The van der Waals surface area contributed by atoms with E-state index in [1.807, 2.05) is 60.7 Å². The van der Waals surface area contributed by atoms with Crippen molar-refractivity contribution in [3.63, 3.8) is 0 Å². The van der Waals surface area contributed by atoms with Gasteiger partial charge < -0.3 is 4.74 Å². The first-order valence-corrected chi connectivity index (χ1v) is 11.4. The van der Waals surface area contributed by atoms with Crippen LogP contribution in [-0.2, 0) is 6.61 Å². The van der Waals surface area contributed by atoms with Crippen molar-refractivity contribution in [1.29, 1.82) is 0 Å². The van der Waals surface area contributed by atoms with E-state index in [1.54, 1.807) is 17.6 Å². The van der Waals surface area contributed by atoms with Gasteiger partial charge in [-0.3, -0.25) is 5.43 Å². The summed E-state index contributed by atoms with van der Waals surface area (Å²) in [5.41, 5.74) is 5.91. The molecule has 0 spiro atoms. The van der Waals surface area contributed by atoms with Crippen LogP contribution in [0, 0.1) is 0 Å². The van der Waals surface area contributed by atoms with E-state index >= 15 is 0 Å². The van der Waals surface area contributed by atoms with E-state index in [2.05, 4.69) is 47.4 Å². The Morgan fingerprint density at radius 3 is 2.52 bits per heavy atom. The minimum atomic E-state index is 0.445. The van der Waals surface area contributed by atoms with Crippen LogP contribution in [0.1, 0.15) is 11.1 Å². The maximum Gasteiger partial charge on any atom is 0.204 e. The van der Waals surface area contributed by atoms with E-state index in [1.165, 1.54) is 0 Å². The maximum atomic E-state index is 5.95. The van der Waals surface area contributed by atoms with Crippen molar-refractivity contribution >= 4 is 76.4 Å². The molecule has 0 radical (unpaired) electrons. The lowest BCUT2D eigenvalue weighted by molar-refractivity contribution is 0.302. The number of hydrogen-bond acceptors (Lipinski definition) is 5. The third kappa shape index (κ3) is 5.17. The summed E-state index contributed by atoms with van der Waals surface area (Å²) in [5.74, 6) is 0.733. The third-order valence-corrected chi connectivity index (χ3v) is 6.36. The van der Waals surface area contributed by atoms with Gasteiger partial charge in [0.05, 0.1) is 25.4 Å². The lowest BCUT2D eigenvalue weighted by Crippen LogP contribution is -1.98. The topological polar surface area (TPSA) is 46.5 Å². The van der Waals surface area contributed by atoms with Crippen LogP contribution in [-0.4, -0.2) is 11.2 Å². The molecular weight excluding hydrogens is 538 g/mol. The second-order valence-corrected chi connectivity index (χ2v) is 9.26. The highest BCUT2D eigenvalue weighted by molar-refractivity contribution is 9.11. The first kappa shape index (κ1) is 20.3. The molecule has 0 atom stereocenters. The fourth-order valence-corrected chi connectivity index (χ4v) is 5.00. The van der Waals surface area contributed by atoms with Crippen molar-refractivity contribution in [1.82, 2.24) is 4.98 Å². The molecule has 1 N–H and O–H groups in total. The zero-order valence-electron chi connectivity index (χ0n) is 14.9. The van der Waals surface area contributed by atoms with Gasteiger partial charge in [-0.25, -0.2) is 4.98 Å². The summed E-state index contributed by atoms with van der Waals surface area (Å²) in [6.07, 6.45) is 1.74. The maximum absolute atomic E-state index is 5.95. The number of fused-ring (bicyclic) bond motifs is 1. The quantitative estimate of drug-likeness (QED) is 0.199. The monoisotopic (exact) mass is 549 g/mol. The molecule has 0 aliphatic rings. The van der Waals surface area contributed by atoms with E-state index in [4.69, 9.17) is 16.3 Å². The molecule has 3 aromatic carbocycles. The van der Waals surface area contributed by atoms with Gasteiger partial charge in [-0.15, -0.1) is 0 Å². The van der Waals surface area contributed by atoms with Gasteiger partial charge in [0.2, 0.25) is 5.13 Å². The number of para-hydroxylation sites is 1. The smallest absolute Gasteiger partial charge is 0.204 e. The first-order chi connectivity index (χ1) is 14.1. The minimum Gasteiger partial charge on any atom is -0.487 e. The average molecular weight is 552 g/mol. The fraction of sp³-hybridized carbons (Fsp3) is 0.0476. The van der Waals surface area contributed by atoms with E-state index in [0.29, 0.717) is 11.6 Å². The molecule has 29 heavy (non-hydrogen) atoms. The number of aromatic nitrogens is 1. The standard InChI is InChI=1S/C21H14Br2ClN3OS/c22-16-9-14(11-25-27-21-26-18-3-1-2-4-19(18)29-21)10-17(23)20(16)28-12-13-5-7-15(24)8-6-13/h1-11H,12H2,(H,26,27). The van der Waals surface area contributed by atoms with E-state index in [0.717, 1.165) is 41.2 Å². The van der Waals surface area contributed by atoms with Gasteiger partial charge in [0.25, 0.3) is 0 Å². The van der Waals surface area contributed by atoms with Crippen LogP contribution >= 0.6 is 54.8 Å². The molecular formula is C21H14Br2ClN3OS. The molecule has 0 unspecified atom stereocenters. The summed E-state index contributed by atoms with van der Waals surface area (Å²) < 4.78 is 8.74. The number of thiazole rings is 1. The van der Waals surface area contributed by atoms with Gasteiger partial charge in [0.1, 0.15) is 12.4 Å². The Bertz CT molecular complexity index is 1120. The highest BCUT2D eigenvalue weighted by Crippen LogP contribution is 2.35. The van der Waals surface area contributed by atoms with Gasteiger partial charge in [-0.1, -0.05) is 47.2 Å². The minimum absolute atomic E-state index is 0.445. The second-order valence-electron chi connectivity index (χ2n) is 6.09. The average Bonchev–Trinajstić information content (AvgIpc) is 3.11. The number of nitrogens with one attached hydrogen (secondary N) is 1. The largest absolute Gasteiger partial charge is 0.487 e. The summed E-state index contributed by atoms with van der Waals surface area (Å²) in [6, 6.07) is 19.5. The number of hydrogen-bond donors (Lipinski definition) is 1. The summed E-state index contributed by atoms with van der Waals surface area (Å²) in [7, 11) is 0. The first-order valence-electron chi connectivity index (χ1n) is 8.59. The van der Waals surface area contributed by atoms with Crippen LogP contribution < -0.4 is 10.2 Å². The molecule has 0 aliphatic heterocycles. The Morgan fingerprint density at radius 2 is 1.79 bits per heavy atom. The Labute approximate surface area is 193 Å². The van der Waals surface area contributed by atoms with Crippen molar-refractivity contribution in [3.8, 4) is 5.75 Å². The van der Waals surface area contributed by atoms with Crippen molar-refractivity contribution in [3.05, 3.63) is 85.8 Å². The Morgan fingerprint density at radius 1 is 1.07 bits per heavy atom. The van der Waals surface area contributed by atoms with Crippen LogP contribution in [0.2, 0.25) is 5.02 Å². The number of ether oxygens (including phenoxy) is 1. The molecule has 1 aromatic heterocycles. The lowest BCUT2D eigenvalue weighted by atomic mass is 10.2. The SMILES string of the molecule is Clc1ccc(COc2c(Br)cc(C=NNc3nc4ccccc4s3)cc2Br)cc1. The molecule has 0 aliphatic carbocycles. The lowest BCUT2D eigenvalue weighted by Gasteiger charge is -2.11. The molecule has 146 valence electrons. The van der Waals surface area contributed by atoms with Crippen molar-refractivity contribution in [2.45, 2.75) is 6.61 Å². The fourth-order valence-electron chi connectivity index (χ4n) is 2.61. The zero-order valence-corrected chi connectivity index (χ0v) is 19.6. The zero-order chi connectivity index (χ0) is 20.2. The van der Waals surface area contributed by atoms with Crippen molar-refractivity contribution < 1.29 is 4.74 Å². The molecule has 1 heterocycles. The molecule has 0 bridgehead atoms. The summed E-state index contributed by atoms with van der Waals surface area (Å²) >= 11 is 14.6. The molecule has 0 fully saturated rings. The molecule has 4 aromatic rings. The van der Waals surface area contributed by atoms with Crippen molar-refractivity contribution in [2.24, 2.45) is 5.10 Å². The predicted octanol–water partition coefficient (Wildman–Crippen LogP) is 7.50. The van der Waals surface area contributed by atoms with Crippen LogP contribution in [0.3, 0.4) is 0 Å². The second kappa shape index (κ2) is 9.26.